The minimum Gasteiger partial charge on any atom is -0.383 e. The van der Waals surface area contributed by atoms with Crippen molar-refractivity contribution < 1.29 is 4.79 Å². The lowest BCUT2D eigenvalue weighted by molar-refractivity contribution is -0.114. The summed E-state index contributed by atoms with van der Waals surface area (Å²) in [7, 11) is 0. The standard InChI is InChI=1S/C22H24ClN5OS/c23-17-2-1-3-19(11-17)30-9-8-27-6-7-28(18(13-27)14-29)12-16-4-5-20-21(10-16)25-15-26-22(20)24/h1-5,10-11,14-15,18H,6-9,12-13H2,(H2,24,25,26). The van der Waals surface area contributed by atoms with Crippen molar-refractivity contribution in [1.29, 1.82) is 0 Å². The van der Waals surface area contributed by atoms with Gasteiger partial charge in [-0.1, -0.05) is 23.7 Å². The van der Waals surface area contributed by atoms with Crippen molar-refractivity contribution >= 4 is 46.4 Å². The number of anilines is 1. The van der Waals surface area contributed by atoms with E-state index < -0.39 is 0 Å². The first-order chi connectivity index (χ1) is 14.6. The summed E-state index contributed by atoms with van der Waals surface area (Å²) in [4.78, 5) is 25.9. The molecule has 8 heteroatoms. The molecule has 1 aliphatic rings. The van der Waals surface area contributed by atoms with E-state index >= 15 is 0 Å². The number of benzene rings is 2. The lowest BCUT2D eigenvalue weighted by Gasteiger charge is -2.39. The number of carbonyl (C=O) groups is 1. The highest BCUT2D eigenvalue weighted by molar-refractivity contribution is 7.99. The number of carbonyl (C=O) groups excluding carboxylic acids is 1. The summed E-state index contributed by atoms with van der Waals surface area (Å²) < 4.78 is 0. The molecule has 0 spiro atoms. The lowest BCUT2D eigenvalue weighted by Crippen LogP contribution is -2.53. The Bertz CT molecular complexity index is 1030. The third-order valence-electron chi connectivity index (χ3n) is 5.36. The van der Waals surface area contributed by atoms with Gasteiger partial charge in [-0.25, -0.2) is 9.97 Å². The Morgan fingerprint density at radius 1 is 1.20 bits per heavy atom. The molecule has 0 radical (unpaired) electrons. The quantitative estimate of drug-likeness (QED) is 0.445. The number of nitrogens with zero attached hydrogens (tertiary/aromatic N) is 4. The topological polar surface area (TPSA) is 75.3 Å². The van der Waals surface area contributed by atoms with Gasteiger partial charge in [0.05, 0.1) is 11.6 Å². The number of nitrogen functional groups attached to an aromatic ring is 1. The number of aldehydes is 1. The van der Waals surface area contributed by atoms with Crippen LogP contribution in [-0.4, -0.2) is 64.0 Å². The van der Waals surface area contributed by atoms with Gasteiger partial charge >= 0.3 is 0 Å². The van der Waals surface area contributed by atoms with Gasteiger partial charge in [0.25, 0.3) is 0 Å². The zero-order valence-electron chi connectivity index (χ0n) is 16.6. The number of aromatic nitrogens is 2. The van der Waals surface area contributed by atoms with Crippen molar-refractivity contribution in [3.8, 4) is 0 Å². The SMILES string of the molecule is Nc1ncnc2cc(CN3CCN(CCSc4cccc(Cl)c4)CC3C=O)ccc12. The number of thioether (sulfide) groups is 1. The lowest BCUT2D eigenvalue weighted by atomic mass is 10.1. The molecule has 1 atom stereocenters. The van der Waals surface area contributed by atoms with Crippen molar-refractivity contribution in [2.75, 3.05) is 37.7 Å². The number of rotatable bonds is 7. The first-order valence-electron chi connectivity index (χ1n) is 9.91. The molecule has 0 amide bonds. The monoisotopic (exact) mass is 441 g/mol. The molecule has 0 saturated carbocycles. The number of fused-ring (bicyclic) bond motifs is 1. The number of piperazine rings is 1. The second-order valence-corrected chi connectivity index (χ2v) is 9.00. The molecule has 2 N–H and O–H groups in total. The van der Waals surface area contributed by atoms with E-state index in [0.717, 1.165) is 59.7 Å². The number of nitrogens with two attached hydrogens (primary N) is 1. The van der Waals surface area contributed by atoms with Gasteiger partial charge in [0.2, 0.25) is 0 Å². The van der Waals surface area contributed by atoms with E-state index in [1.54, 1.807) is 11.8 Å². The summed E-state index contributed by atoms with van der Waals surface area (Å²) in [5.41, 5.74) is 7.87. The molecule has 1 aliphatic heterocycles. The van der Waals surface area contributed by atoms with E-state index in [-0.39, 0.29) is 6.04 Å². The van der Waals surface area contributed by atoms with E-state index in [0.29, 0.717) is 12.4 Å². The van der Waals surface area contributed by atoms with Gasteiger partial charge in [0.1, 0.15) is 18.4 Å². The largest absolute Gasteiger partial charge is 0.383 e. The van der Waals surface area contributed by atoms with E-state index in [1.165, 1.54) is 11.2 Å². The molecule has 3 aromatic rings. The van der Waals surface area contributed by atoms with Crippen LogP contribution in [0.2, 0.25) is 5.02 Å². The van der Waals surface area contributed by atoms with Gasteiger partial charge in [-0.3, -0.25) is 9.80 Å². The van der Waals surface area contributed by atoms with E-state index in [9.17, 15) is 4.79 Å². The van der Waals surface area contributed by atoms with Gasteiger partial charge in [-0.05, 0) is 35.9 Å². The molecule has 1 unspecified atom stereocenters. The molecule has 2 heterocycles. The van der Waals surface area contributed by atoms with Gasteiger partial charge < -0.3 is 10.5 Å². The van der Waals surface area contributed by atoms with Crippen molar-refractivity contribution in [1.82, 2.24) is 19.8 Å². The average molecular weight is 442 g/mol. The first kappa shape index (κ1) is 21.1. The number of halogens is 1. The Morgan fingerprint density at radius 3 is 2.93 bits per heavy atom. The van der Waals surface area contributed by atoms with E-state index in [4.69, 9.17) is 17.3 Å². The minimum atomic E-state index is -0.110. The second kappa shape index (κ2) is 9.75. The summed E-state index contributed by atoms with van der Waals surface area (Å²) in [6, 6.07) is 13.8. The summed E-state index contributed by atoms with van der Waals surface area (Å²) in [5, 5.41) is 1.62. The van der Waals surface area contributed by atoms with Gasteiger partial charge in [0.15, 0.2) is 0 Å². The van der Waals surface area contributed by atoms with Crippen molar-refractivity contribution in [2.24, 2.45) is 0 Å². The molecule has 2 aromatic carbocycles. The second-order valence-electron chi connectivity index (χ2n) is 7.39. The Labute approximate surface area is 185 Å². The maximum atomic E-state index is 11.8. The molecule has 30 heavy (non-hydrogen) atoms. The average Bonchev–Trinajstić information content (AvgIpc) is 2.75. The number of hydrogen-bond acceptors (Lipinski definition) is 7. The normalized spacial score (nSPS) is 18.0. The van der Waals surface area contributed by atoms with Crippen LogP contribution >= 0.6 is 23.4 Å². The fourth-order valence-corrected chi connectivity index (χ4v) is 4.97. The molecule has 156 valence electrons. The highest BCUT2D eigenvalue weighted by atomic mass is 35.5. The zero-order chi connectivity index (χ0) is 20.9. The molecule has 1 fully saturated rings. The van der Waals surface area contributed by atoms with Crippen LogP contribution in [0, 0.1) is 0 Å². The highest BCUT2D eigenvalue weighted by Gasteiger charge is 2.26. The third kappa shape index (κ3) is 5.10. The summed E-state index contributed by atoms with van der Waals surface area (Å²) in [5.74, 6) is 1.46. The van der Waals surface area contributed by atoms with E-state index in [1.807, 2.05) is 36.4 Å². The Morgan fingerprint density at radius 2 is 2.10 bits per heavy atom. The van der Waals surface area contributed by atoms with Crippen LogP contribution < -0.4 is 5.73 Å². The van der Waals surface area contributed by atoms with E-state index in [2.05, 4.69) is 25.8 Å². The predicted octanol–water partition coefficient (Wildman–Crippen LogP) is 3.34. The minimum absolute atomic E-state index is 0.110. The molecule has 1 saturated heterocycles. The number of hydrogen-bond donors (Lipinski definition) is 1. The van der Waals surface area contributed by atoms with Crippen molar-refractivity contribution in [3.63, 3.8) is 0 Å². The van der Waals surface area contributed by atoms with Gasteiger partial charge in [-0.15, -0.1) is 11.8 Å². The smallest absolute Gasteiger partial charge is 0.138 e. The maximum Gasteiger partial charge on any atom is 0.138 e. The van der Waals surface area contributed by atoms with Crippen LogP contribution in [0.5, 0.6) is 0 Å². The maximum absolute atomic E-state index is 11.8. The third-order valence-corrected chi connectivity index (χ3v) is 6.57. The zero-order valence-corrected chi connectivity index (χ0v) is 18.1. The van der Waals surface area contributed by atoms with Crippen LogP contribution in [0.1, 0.15) is 5.56 Å². The van der Waals surface area contributed by atoms with Crippen LogP contribution in [0.3, 0.4) is 0 Å². The Hall–Kier alpha value is -2.19. The predicted molar refractivity (Wildman–Crippen MR) is 123 cm³/mol. The molecule has 1 aromatic heterocycles. The molecule has 0 aliphatic carbocycles. The summed E-state index contributed by atoms with van der Waals surface area (Å²) in [6.07, 6.45) is 2.55. The van der Waals surface area contributed by atoms with Crippen LogP contribution in [0.4, 0.5) is 5.82 Å². The van der Waals surface area contributed by atoms with Crippen molar-refractivity contribution in [2.45, 2.75) is 17.5 Å². The van der Waals surface area contributed by atoms with Crippen molar-refractivity contribution in [3.05, 3.63) is 59.4 Å². The first-order valence-corrected chi connectivity index (χ1v) is 11.3. The van der Waals surface area contributed by atoms with Crippen LogP contribution in [0.15, 0.2) is 53.7 Å². The Balaban J connectivity index is 1.33. The highest BCUT2D eigenvalue weighted by Crippen LogP contribution is 2.23. The Kier molecular flexibility index (Phi) is 6.84. The molecular formula is C22H24ClN5OS. The summed E-state index contributed by atoms with van der Waals surface area (Å²) in [6.45, 7) is 4.22. The van der Waals surface area contributed by atoms with Gasteiger partial charge in [0, 0.05) is 53.8 Å². The molecule has 4 rings (SSSR count). The summed E-state index contributed by atoms with van der Waals surface area (Å²) >= 11 is 7.84. The molecule has 0 bridgehead atoms. The van der Waals surface area contributed by atoms with Crippen LogP contribution in [0.25, 0.3) is 10.9 Å². The molecular weight excluding hydrogens is 418 g/mol. The fraction of sp³-hybridized carbons (Fsp3) is 0.318. The molecule has 6 nitrogen and oxygen atoms in total. The van der Waals surface area contributed by atoms with Crippen LogP contribution in [-0.2, 0) is 11.3 Å². The van der Waals surface area contributed by atoms with Gasteiger partial charge in [-0.2, -0.15) is 0 Å². The fourth-order valence-electron chi connectivity index (χ4n) is 3.74.